The minimum absolute atomic E-state index is 0.0294. The summed E-state index contributed by atoms with van der Waals surface area (Å²) < 4.78 is 33.9. The van der Waals surface area contributed by atoms with Gasteiger partial charge in [-0.15, -0.1) is 0 Å². The van der Waals surface area contributed by atoms with Gasteiger partial charge < -0.3 is 10.1 Å². The highest BCUT2D eigenvalue weighted by Crippen LogP contribution is 2.31. The van der Waals surface area contributed by atoms with Crippen LogP contribution in [0.1, 0.15) is 48.2 Å². The van der Waals surface area contributed by atoms with E-state index >= 15 is 0 Å². The van der Waals surface area contributed by atoms with Gasteiger partial charge in [0, 0.05) is 28.8 Å². The van der Waals surface area contributed by atoms with Crippen molar-refractivity contribution in [2.24, 2.45) is 0 Å². The zero-order valence-electron chi connectivity index (χ0n) is 17.5. The maximum atomic E-state index is 13.1. The zero-order chi connectivity index (χ0) is 21.9. The number of ether oxygens (including phenoxy) is 1. The van der Waals surface area contributed by atoms with Gasteiger partial charge in [-0.2, -0.15) is 4.31 Å². The minimum atomic E-state index is -3.72. The molecule has 0 bridgehead atoms. The van der Waals surface area contributed by atoms with E-state index in [-0.39, 0.29) is 22.1 Å². The molecule has 0 unspecified atom stereocenters. The number of nitrogens with zero attached hydrogens (tertiary/aromatic N) is 1. The summed E-state index contributed by atoms with van der Waals surface area (Å²) in [6.07, 6.45) is 3.20. The molecule has 8 heteroatoms. The molecule has 0 radical (unpaired) electrons. The fourth-order valence-electron chi connectivity index (χ4n) is 3.72. The fourth-order valence-corrected chi connectivity index (χ4v) is 5.97. The number of sulfonamides is 1. The molecular formula is C22H27BrN2O4S. The van der Waals surface area contributed by atoms with Crippen molar-refractivity contribution in [2.75, 3.05) is 25.5 Å². The van der Waals surface area contributed by atoms with Crippen LogP contribution in [-0.2, 0) is 22.9 Å². The second-order valence-corrected chi connectivity index (χ2v) is 10.1. The second-order valence-electron chi connectivity index (χ2n) is 7.24. The second kappa shape index (κ2) is 9.49. The number of benzene rings is 2. The van der Waals surface area contributed by atoms with E-state index in [1.54, 1.807) is 12.1 Å². The van der Waals surface area contributed by atoms with Crippen molar-refractivity contribution in [3.63, 3.8) is 0 Å². The van der Waals surface area contributed by atoms with Gasteiger partial charge in [0.05, 0.1) is 7.11 Å². The van der Waals surface area contributed by atoms with Gasteiger partial charge in [-0.05, 0) is 67.1 Å². The first kappa shape index (κ1) is 22.8. The SMILES string of the molecule is CCc1cc(Br)cc(CC)c1NC(=O)c1ccc(OC)c(S(=O)(=O)N2CCCC2)c1. The van der Waals surface area contributed by atoms with Gasteiger partial charge in [0.25, 0.3) is 5.91 Å². The Morgan fingerprint density at radius 3 is 2.23 bits per heavy atom. The lowest BCUT2D eigenvalue weighted by Gasteiger charge is -2.19. The number of hydrogen-bond donors (Lipinski definition) is 1. The Morgan fingerprint density at radius 1 is 1.10 bits per heavy atom. The predicted octanol–water partition coefficient (Wildman–Crippen LogP) is 4.62. The molecule has 1 aliphatic heterocycles. The smallest absolute Gasteiger partial charge is 0.255 e. The summed E-state index contributed by atoms with van der Waals surface area (Å²) in [5.41, 5.74) is 3.11. The molecule has 2 aromatic rings. The Bertz CT molecular complexity index is 1020. The number of carbonyl (C=O) groups excluding carboxylic acids is 1. The van der Waals surface area contributed by atoms with Gasteiger partial charge >= 0.3 is 0 Å². The monoisotopic (exact) mass is 494 g/mol. The van der Waals surface area contributed by atoms with Crippen LogP contribution in [0.15, 0.2) is 39.7 Å². The van der Waals surface area contributed by atoms with Crippen molar-refractivity contribution in [3.8, 4) is 5.75 Å². The molecule has 0 aromatic heterocycles. The highest BCUT2D eigenvalue weighted by Gasteiger charge is 2.30. The quantitative estimate of drug-likeness (QED) is 0.609. The minimum Gasteiger partial charge on any atom is -0.495 e. The average molecular weight is 495 g/mol. The number of hydrogen-bond acceptors (Lipinski definition) is 4. The van der Waals surface area contributed by atoms with Crippen molar-refractivity contribution in [3.05, 3.63) is 51.5 Å². The van der Waals surface area contributed by atoms with Gasteiger partial charge in [0.15, 0.2) is 0 Å². The number of rotatable bonds is 7. The summed E-state index contributed by atoms with van der Waals surface area (Å²) in [6.45, 7) is 5.04. The molecule has 1 saturated heterocycles. The highest BCUT2D eigenvalue weighted by atomic mass is 79.9. The average Bonchev–Trinajstić information content (AvgIpc) is 3.29. The standard InChI is InChI=1S/C22H27BrN2O4S/c1-4-15-12-18(23)13-16(5-2)21(15)24-22(26)17-8-9-19(29-3)20(14-17)30(27,28)25-10-6-7-11-25/h8-9,12-14H,4-7,10-11H2,1-3H3,(H,24,26). The largest absolute Gasteiger partial charge is 0.495 e. The first-order valence-electron chi connectivity index (χ1n) is 10.1. The third-order valence-corrected chi connectivity index (χ3v) is 7.75. The Morgan fingerprint density at radius 2 is 1.70 bits per heavy atom. The van der Waals surface area contributed by atoms with Crippen LogP contribution in [-0.4, -0.2) is 38.8 Å². The van der Waals surface area contributed by atoms with E-state index in [9.17, 15) is 13.2 Å². The first-order valence-corrected chi connectivity index (χ1v) is 12.4. The number of aryl methyl sites for hydroxylation is 2. The molecule has 0 atom stereocenters. The van der Waals surface area contributed by atoms with E-state index in [4.69, 9.17) is 4.74 Å². The lowest BCUT2D eigenvalue weighted by Crippen LogP contribution is -2.28. The van der Waals surface area contributed by atoms with Gasteiger partial charge in [0.1, 0.15) is 10.6 Å². The molecule has 0 aliphatic carbocycles. The Kier molecular flexibility index (Phi) is 7.21. The van der Waals surface area contributed by atoms with Crippen LogP contribution >= 0.6 is 15.9 Å². The summed E-state index contributed by atoms with van der Waals surface area (Å²) in [7, 11) is -2.29. The van der Waals surface area contributed by atoms with Crippen LogP contribution in [0.3, 0.4) is 0 Å². The van der Waals surface area contributed by atoms with E-state index in [0.29, 0.717) is 13.1 Å². The molecule has 1 aliphatic rings. The lowest BCUT2D eigenvalue weighted by molar-refractivity contribution is 0.102. The van der Waals surface area contributed by atoms with Crippen molar-refractivity contribution in [2.45, 2.75) is 44.4 Å². The Balaban J connectivity index is 1.98. The molecule has 1 fully saturated rings. The van der Waals surface area contributed by atoms with E-state index < -0.39 is 10.0 Å². The van der Waals surface area contributed by atoms with Crippen molar-refractivity contribution in [1.82, 2.24) is 4.31 Å². The molecule has 0 saturated carbocycles. The summed E-state index contributed by atoms with van der Waals surface area (Å²) in [4.78, 5) is 13.1. The first-order chi connectivity index (χ1) is 14.3. The normalized spacial score (nSPS) is 14.7. The molecule has 1 heterocycles. The third kappa shape index (κ3) is 4.55. The maximum absolute atomic E-state index is 13.1. The fraction of sp³-hybridized carbons (Fsp3) is 0.409. The number of nitrogens with one attached hydrogen (secondary N) is 1. The molecule has 2 aromatic carbocycles. The molecule has 162 valence electrons. The summed E-state index contributed by atoms with van der Waals surface area (Å²) in [6, 6.07) is 8.53. The van der Waals surface area contributed by atoms with Gasteiger partial charge in [-0.3, -0.25) is 4.79 Å². The molecule has 3 rings (SSSR count). The van der Waals surface area contributed by atoms with Crippen molar-refractivity contribution in [1.29, 1.82) is 0 Å². The van der Waals surface area contributed by atoms with Gasteiger partial charge in [-0.1, -0.05) is 29.8 Å². The molecule has 1 N–H and O–H groups in total. The number of amides is 1. The van der Waals surface area contributed by atoms with E-state index in [2.05, 4.69) is 21.2 Å². The lowest BCUT2D eigenvalue weighted by atomic mass is 10.0. The van der Waals surface area contributed by atoms with Crippen molar-refractivity contribution < 1.29 is 17.9 Å². The van der Waals surface area contributed by atoms with Gasteiger partial charge in [-0.25, -0.2) is 8.42 Å². The van der Waals surface area contributed by atoms with Crippen LogP contribution < -0.4 is 10.1 Å². The van der Waals surface area contributed by atoms with Crippen molar-refractivity contribution >= 4 is 37.5 Å². The zero-order valence-corrected chi connectivity index (χ0v) is 19.9. The number of anilines is 1. The van der Waals surface area contributed by atoms with E-state index in [1.165, 1.54) is 17.5 Å². The molecule has 6 nitrogen and oxygen atoms in total. The molecule has 1 amide bonds. The number of carbonyl (C=O) groups is 1. The predicted molar refractivity (Wildman–Crippen MR) is 122 cm³/mol. The third-order valence-electron chi connectivity index (χ3n) is 5.38. The summed E-state index contributed by atoms with van der Waals surface area (Å²) in [5, 5.41) is 3.00. The number of methoxy groups -OCH3 is 1. The van der Waals surface area contributed by atoms with Crippen LogP contribution in [0.2, 0.25) is 0 Å². The van der Waals surface area contributed by atoms with E-state index in [1.807, 2.05) is 26.0 Å². The number of halogens is 1. The topological polar surface area (TPSA) is 75.7 Å². The highest BCUT2D eigenvalue weighted by molar-refractivity contribution is 9.10. The van der Waals surface area contributed by atoms with E-state index in [0.717, 1.165) is 47.0 Å². The van der Waals surface area contributed by atoms with Gasteiger partial charge in [0.2, 0.25) is 10.0 Å². The molecule has 30 heavy (non-hydrogen) atoms. The Labute approximate surface area is 186 Å². The summed E-state index contributed by atoms with van der Waals surface area (Å²) in [5.74, 6) is -0.104. The molecular weight excluding hydrogens is 468 g/mol. The molecule has 0 spiro atoms. The maximum Gasteiger partial charge on any atom is 0.255 e. The summed E-state index contributed by atoms with van der Waals surface area (Å²) >= 11 is 3.52. The van der Waals surface area contributed by atoms with Crippen LogP contribution in [0, 0.1) is 0 Å². The van der Waals surface area contributed by atoms with Crippen LogP contribution in [0.5, 0.6) is 5.75 Å². The van der Waals surface area contributed by atoms with Crippen LogP contribution in [0.4, 0.5) is 5.69 Å². The van der Waals surface area contributed by atoms with Crippen LogP contribution in [0.25, 0.3) is 0 Å². The Hall–Kier alpha value is -1.90.